The molecule has 0 saturated heterocycles. The molecule has 2 unspecified atom stereocenters. The number of nitrogens with one attached hydrogen (secondary N) is 1. The van der Waals surface area contributed by atoms with Crippen LogP contribution in [0.25, 0.3) is 0 Å². The van der Waals surface area contributed by atoms with Gasteiger partial charge in [0.05, 0.1) is 12.1 Å². The number of carbonyl (C=O) groups excluding carboxylic acids is 1. The number of rotatable bonds is 4. The van der Waals surface area contributed by atoms with E-state index < -0.39 is 11.7 Å². The first kappa shape index (κ1) is 16.1. The number of carbonyl (C=O) groups is 1. The lowest BCUT2D eigenvalue weighted by Crippen LogP contribution is -2.53. The fourth-order valence-corrected chi connectivity index (χ4v) is 2.67. The van der Waals surface area contributed by atoms with Gasteiger partial charge in [0, 0.05) is 5.02 Å². The predicted molar refractivity (Wildman–Crippen MR) is 82.6 cm³/mol. The molecule has 5 heteroatoms. The number of aliphatic hydroxyl groups is 1. The molecule has 116 valence electrons. The Labute approximate surface area is 130 Å². The molecule has 0 spiro atoms. The second-order valence-corrected chi connectivity index (χ2v) is 6.44. The van der Waals surface area contributed by atoms with Crippen molar-refractivity contribution in [1.82, 2.24) is 5.32 Å². The van der Waals surface area contributed by atoms with Crippen LogP contribution in [0.2, 0.25) is 5.02 Å². The second kappa shape index (κ2) is 6.67. The van der Waals surface area contributed by atoms with Crippen molar-refractivity contribution in [3.63, 3.8) is 0 Å². The molecule has 1 fully saturated rings. The molecule has 1 amide bonds. The topological polar surface area (TPSA) is 58.6 Å². The molecular formula is C16H22ClNO3. The van der Waals surface area contributed by atoms with E-state index in [0.717, 1.165) is 25.7 Å². The summed E-state index contributed by atoms with van der Waals surface area (Å²) in [4.78, 5) is 12.4. The smallest absolute Gasteiger partial charge is 0.263 e. The maximum Gasteiger partial charge on any atom is 0.263 e. The van der Waals surface area contributed by atoms with Crippen LogP contribution in [-0.4, -0.2) is 28.8 Å². The minimum absolute atomic E-state index is 0.187. The second-order valence-electron chi connectivity index (χ2n) is 6.00. The molecule has 0 aliphatic heterocycles. The minimum Gasteiger partial charge on any atom is -0.478 e. The van der Waals surface area contributed by atoms with Gasteiger partial charge >= 0.3 is 0 Å². The van der Waals surface area contributed by atoms with Gasteiger partial charge in [-0.3, -0.25) is 4.79 Å². The van der Waals surface area contributed by atoms with Gasteiger partial charge in [-0.05, 0) is 44.9 Å². The van der Waals surface area contributed by atoms with Gasteiger partial charge in [0.15, 0.2) is 5.60 Å². The number of hydrogen-bond donors (Lipinski definition) is 2. The highest BCUT2D eigenvalue weighted by atomic mass is 35.5. The van der Waals surface area contributed by atoms with Crippen molar-refractivity contribution in [2.24, 2.45) is 0 Å². The van der Waals surface area contributed by atoms with Crippen LogP contribution in [0.15, 0.2) is 24.3 Å². The maximum atomic E-state index is 12.4. The van der Waals surface area contributed by atoms with Crippen molar-refractivity contribution in [1.29, 1.82) is 0 Å². The number of aliphatic hydroxyl groups excluding tert-OH is 1. The SMILES string of the molecule is CC(C)(Oc1cccc(Cl)c1)C(=O)NC1CCCCC1O. The van der Waals surface area contributed by atoms with Crippen LogP contribution in [0.5, 0.6) is 5.75 Å². The van der Waals surface area contributed by atoms with Crippen molar-refractivity contribution in [3.05, 3.63) is 29.3 Å². The summed E-state index contributed by atoms with van der Waals surface area (Å²) in [6.07, 6.45) is 3.11. The third-order valence-electron chi connectivity index (χ3n) is 3.76. The van der Waals surface area contributed by atoms with Gasteiger partial charge in [-0.2, -0.15) is 0 Å². The molecule has 1 aromatic rings. The molecule has 0 heterocycles. The Morgan fingerprint density at radius 2 is 2.10 bits per heavy atom. The van der Waals surface area contributed by atoms with Crippen LogP contribution in [0.3, 0.4) is 0 Å². The normalized spacial score (nSPS) is 22.7. The Morgan fingerprint density at radius 3 is 2.76 bits per heavy atom. The summed E-state index contributed by atoms with van der Waals surface area (Å²) in [7, 11) is 0. The summed E-state index contributed by atoms with van der Waals surface area (Å²) in [6, 6.07) is 6.77. The first-order chi connectivity index (χ1) is 9.88. The summed E-state index contributed by atoms with van der Waals surface area (Å²) in [5, 5.41) is 13.4. The first-order valence-electron chi connectivity index (χ1n) is 7.32. The summed E-state index contributed by atoms with van der Waals surface area (Å²) >= 11 is 5.91. The Balaban J connectivity index is 1.99. The fraction of sp³-hybridized carbons (Fsp3) is 0.562. The number of ether oxygens (including phenoxy) is 1. The molecule has 1 aliphatic carbocycles. The molecule has 4 nitrogen and oxygen atoms in total. The number of amides is 1. The average Bonchev–Trinajstić information content (AvgIpc) is 2.40. The number of hydrogen-bond acceptors (Lipinski definition) is 3. The highest BCUT2D eigenvalue weighted by Gasteiger charge is 2.34. The Hall–Kier alpha value is -1.26. The minimum atomic E-state index is -1.03. The summed E-state index contributed by atoms with van der Waals surface area (Å²) < 4.78 is 5.74. The average molecular weight is 312 g/mol. The lowest BCUT2D eigenvalue weighted by molar-refractivity contribution is -0.136. The molecule has 2 N–H and O–H groups in total. The molecule has 2 atom stereocenters. The summed E-state index contributed by atoms with van der Waals surface area (Å²) in [5.74, 6) is 0.320. The lowest BCUT2D eigenvalue weighted by Gasteiger charge is -2.32. The van der Waals surface area contributed by atoms with Crippen LogP contribution in [0.1, 0.15) is 39.5 Å². The van der Waals surface area contributed by atoms with Gasteiger partial charge in [0.1, 0.15) is 5.75 Å². The maximum absolute atomic E-state index is 12.4. The molecular weight excluding hydrogens is 290 g/mol. The summed E-state index contributed by atoms with van der Waals surface area (Å²) in [5.41, 5.74) is -1.03. The molecule has 0 radical (unpaired) electrons. The third-order valence-corrected chi connectivity index (χ3v) is 4.00. The van der Waals surface area contributed by atoms with Gasteiger partial charge < -0.3 is 15.2 Å². The summed E-state index contributed by atoms with van der Waals surface area (Å²) in [6.45, 7) is 3.41. The van der Waals surface area contributed by atoms with Gasteiger partial charge in [-0.15, -0.1) is 0 Å². The van der Waals surface area contributed by atoms with Crippen LogP contribution in [0.4, 0.5) is 0 Å². The Morgan fingerprint density at radius 1 is 1.38 bits per heavy atom. The van der Waals surface area contributed by atoms with Crippen LogP contribution in [-0.2, 0) is 4.79 Å². The van der Waals surface area contributed by atoms with Gasteiger partial charge in [0.2, 0.25) is 0 Å². The van der Waals surface area contributed by atoms with Crippen LogP contribution in [0, 0.1) is 0 Å². The Bertz CT molecular complexity index is 504. The van der Waals surface area contributed by atoms with Gasteiger partial charge in [-0.25, -0.2) is 0 Å². The van der Waals surface area contributed by atoms with Gasteiger partial charge in [-0.1, -0.05) is 30.5 Å². The first-order valence-corrected chi connectivity index (χ1v) is 7.70. The van der Waals surface area contributed by atoms with E-state index in [-0.39, 0.29) is 11.9 Å². The zero-order valence-corrected chi connectivity index (χ0v) is 13.2. The zero-order valence-electron chi connectivity index (χ0n) is 12.4. The number of halogens is 1. The van der Waals surface area contributed by atoms with E-state index >= 15 is 0 Å². The standard InChI is InChI=1S/C16H22ClNO3/c1-16(2,21-12-7-5-6-11(17)10-12)15(20)18-13-8-3-4-9-14(13)19/h5-7,10,13-14,19H,3-4,8-9H2,1-2H3,(H,18,20). The van der Waals surface area contributed by atoms with Crippen molar-refractivity contribution in [3.8, 4) is 5.75 Å². The molecule has 0 bridgehead atoms. The van der Waals surface area contributed by atoms with E-state index in [1.165, 1.54) is 0 Å². The van der Waals surface area contributed by atoms with E-state index in [1.54, 1.807) is 38.1 Å². The van der Waals surface area contributed by atoms with Crippen LogP contribution < -0.4 is 10.1 Å². The van der Waals surface area contributed by atoms with Gasteiger partial charge in [0.25, 0.3) is 5.91 Å². The quantitative estimate of drug-likeness (QED) is 0.899. The zero-order chi connectivity index (χ0) is 15.5. The third kappa shape index (κ3) is 4.35. The molecule has 21 heavy (non-hydrogen) atoms. The van der Waals surface area contributed by atoms with E-state index in [0.29, 0.717) is 10.8 Å². The molecule has 1 aromatic carbocycles. The highest BCUT2D eigenvalue weighted by Crippen LogP contribution is 2.23. The van der Waals surface area contributed by atoms with E-state index in [4.69, 9.17) is 16.3 Å². The van der Waals surface area contributed by atoms with E-state index in [9.17, 15) is 9.90 Å². The van der Waals surface area contributed by atoms with Crippen molar-refractivity contribution in [2.45, 2.75) is 57.3 Å². The number of benzene rings is 1. The molecule has 1 saturated carbocycles. The van der Waals surface area contributed by atoms with Crippen LogP contribution >= 0.6 is 11.6 Å². The fourth-order valence-electron chi connectivity index (χ4n) is 2.49. The Kier molecular flexibility index (Phi) is 5.12. The van der Waals surface area contributed by atoms with Crippen molar-refractivity contribution in [2.75, 3.05) is 0 Å². The van der Waals surface area contributed by atoms with Crippen molar-refractivity contribution < 1.29 is 14.6 Å². The molecule has 1 aliphatic rings. The molecule has 0 aromatic heterocycles. The van der Waals surface area contributed by atoms with E-state index in [1.807, 2.05) is 0 Å². The predicted octanol–water partition coefficient (Wildman–Crippen LogP) is 2.92. The largest absolute Gasteiger partial charge is 0.478 e. The van der Waals surface area contributed by atoms with Crippen molar-refractivity contribution >= 4 is 17.5 Å². The lowest BCUT2D eigenvalue weighted by atomic mass is 9.92. The monoisotopic (exact) mass is 311 g/mol. The van der Waals surface area contributed by atoms with E-state index in [2.05, 4.69) is 5.32 Å². The molecule has 2 rings (SSSR count). The highest BCUT2D eigenvalue weighted by molar-refractivity contribution is 6.30.